The van der Waals surface area contributed by atoms with E-state index >= 15 is 0 Å². The Morgan fingerprint density at radius 1 is 1.16 bits per heavy atom. The van der Waals surface area contributed by atoms with Gasteiger partial charge in [-0.05, 0) is 30.7 Å². The highest BCUT2D eigenvalue weighted by molar-refractivity contribution is 6.35. The number of ether oxygens (including phenoxy) is 1. The summed E-state index contributed by atoms with van der Waals surface area (Å²) in [5, 5.41) is 7.14. The summed E-state index contributed by atoms with van der Waals surface area (Å²) in [4.78, 5) is 27.1. The van der Waals surface area contributed by atoms with Crippen molar-refractivity contribution in [2.45, 2.75) is 18.6 Å². The van der Waals surface area contributed by atoms with Gasteiger partial charge in [-0.25, -0.2) is 20.0 Å². The first kappa shape index (κ1) is 26.4. The van der Waals surface area contributed by atoms with Crippen LogP contribution < -0.4 is 21.0 Å². The Balaban J connectivity index is 1.38. The molecule has 0 spiro atoms. The van der Waals surface area contributed by atoms with Gasteiger partial charge in [0.1, 0.15) is 12.5 Å². The zero-order chi connectivity index (χ0) is 26.9. The molecule has 2 aromatic heterocycles. The Bertz CT molecular complexity index is 1300. The third-order valence-corrected chi connectivity index (χ3v) is 6.80. The maximum absolute atomic E-state index is 13.4. The largest absolute Gasteiger partial charge is 0.451 e. The molecule has 10 nitrogen and oxygen atoms in total. The Kier molecular flexibility index (Phi) is 7.52. The van der Waals surface area contributed by atoms with Gasteiger partial charge in [-0.2, -0.15) is 13.2 Å². The first-order chi connectivity index (χ1) is 18.2. The summed E-state index contributed by atoms with van der Waals surface area (Å²) < 4.78 is 44.3. The summed E-state index contributed by atoms with van der Waals surface area (Å²) in [7, 11) is 0. The molecule has 5 rings (SSSR count). The lowest BCUT2D eigenvalue weighted by Crippen LogP contribution is -2.53. The number of amides is 1. The van der Waals surface area contributed by atoms with E-state index in [1.807, 2.05) is 17.1 Å². The topological polar surface area (TPSA) is 113 Å². The van der Waals surface area contributed by atoms with E-state index in [-0.39, 0.29) is 23.3 Å². The van der Waals surface area contributed by atoms with Crippen LogP contribution in [-0.4, -0.2) is 78.0 Å². The number of hydrogen-bond donors (Lipinski definition) is 2. The van der Waals surface area contributed by atoms with Crippen LogP contribution in [0.15, 0.2) is 36.7 Å². The number of nitrogens with one attached hydrogen (secondary N) is 1. The average molecular weight is 551 g/mol. The van der Waals surface area contributed by atoms with E-state index in [1.165, 1.54) is 0 Å². The van der Waals surface area contributed by atoms with Crippen molar-refractivity contribution in [3.63, 3.8) is 0 Å². The minimum absolute atomic E-state index is 0.0581. The molecular weight excluding hydrogens is 525 g/mol. The van der Waals surface area contributed by atoms with Gasteiger partial charge in [0, 0.05) is 37.6 Å². The van der Waals surface area contributed by atoms with Crippen LogP contribution in [0.25, 0.3) is 10.9 Å². The van der Waals surface area contributed by atoms with E-state index in [1.54, 1.807) is 17.1 Å². The van der Waals surface area contributed by atoms with Gasteiger partial charge >= 0.3 is 6.18 Å². The summed E-state index contributed by atoms with van der Waals surface area (Å²) in [6.45, 7) is 3.26. The number of rotatable bonds is 6. The number of morpholine rings is 1. The molecule has 4 heterocycles. The lowest BCUT2D eigenvalue weighted by Gasteiger charge is -2.38. The van der Waals surface area contributed by atoms with Crippen LogP contribution in [0.4, 0.5) is 24.7 Å². The number of carbonyl (C=O) groups is 1. The number of anilines is 2. The number of benzene rings is 1. The molecule has 0 unspecified atom stereocenters. The molecule has 3 N–H and O–H groups in total. The predicted octanol–water partition coefficient (Wildman–Crippen LogP) is 2.68. The van der Waals surface area contributed by atoms with Crippen molar-refractivity contribution in [3.05, 3.63) is 53.1 Å². The molecule has 0 saturated carbocycles. The van der Waals surface area contributed by atoms with Gasteiger partial charge in [0.15, 0.2) is 0 Å². The molecular formula is C24H26ClF3N8O2. The third-order valence-electron chi connectivity index (χ3n) is 6.49. The van der Waals surface area contributed by atoms with Crippen molar-refractivity contribution in [1.29, 1.82) is 0 Å². The fraction of sp³-hybridized carbons (Fsp3) is 0.417. The number of nitrogens with two attached hydrogens (primary N) is 1. The highest BCUT2D eigenvalue weighted by atomic mass is 35.5. The number of pyridine rings is 1. The monoisotopic (exact) mass is 550 g/mol. The van der Waals surface area contributed by atoms with Crippen molar-refractivity contribution in [2.75, 3.05) is 56.0 Å². The molecule has 0 radical (unpaired) electrons. The van der Waals surface area contributed by atoms with Crippen LogP contribution in [0.5, 0.6) is 0 Å². The number of fused-ring (bicyclic) bond motifs is 1. The number of hydrogen-bond acceptors (Lipinski definition) is 9. The number of alkyl halides is 3. The molecule has 2 aliphatic rings. The van der Waals surface area contributed by atoms with Crippen LogP contribution in [0, 0.1) is 0 Å². The van der Waals surface area contributed by atoms with Crippen molar-refractivity contribution in [1.82, 2.24) is 25.3 Å². The Morgan fingerprint density at radius 3 is 2.55 bits per heavy atom. The molecule has 2 fully saturated rings. The van der Waals surface area contributed by atoms with E-state index in [0.717, 1.165) is 31.2 Å². The van der Waals surface area contributed by atoms with Gasteiger partial charge in [-0.15, -0.1) is 0 Å². The van der Waals surface area contributed by atoms with Gasteiger partial charge in [-0.3, -0.25) is 9.80 Å². The van der Waals surface area contributed by atoms with E-state index in [4.69, 9.17) is 27.1 Å². The Morgan fingerprint density at radius 2 is 1.89 bits per heavy atom. The molecule has 0 aliphatic carbocycles. The molecule has 38 heavy (non-hydrogen) atoms. The number of carbonyl (C=O) groups excluding carboxylic acids is 1. The van der Waals surface area contributed by atoms with Crippen LogP contribution >= 0.6 is 11.6 Å². The van der Waals surface area contributed by atoms with E-state index in [0.29, 0.717) is 49.4 Å². The molecule has 14 heteroatoms. The van der Waals surface area contributed by atoms with Crippen LogP contribution in [0.1, 0.15) is 22.6 Å². The van der Waals surface area contributed by atoms with Gasteiger partial charge in [0.05, 0.1) is 47.4 Å². The molecule has 2 aliphatic heterocycles. The molecule has 3 aromatic rings. The van der Waals surface area contributed by atoms with Gasteiger partial charge in [0.25, 0.3) is 5.91 Å². The molecule has 0 bridgehead atoms. The summed E-state index contributed by atoms with van der Waals surface area (Å²) in [6, 6.07) is 7.13. The second kappa shape index (κ2) is 10.8. The molecule has 2 saturated heterocycles. The zero-order valence-electron chi connectivity index (χ0n) is 20.3. The van der Waals surface area contributed by atoms with E-state index < -0.39 is 17.9 Å². The van der Waals surface area contributed by atoms with Crippen molar-refractivity contribution in [2.24, 2.45) is 5.73 Å². The standard InChI is InChI=1S/C24H26ClF3N8O2/c25-18-2-3-19-17(1-4-20(33-19)34-6-5-15(29)13-34)21(18)22(37)32-14-36(35-7-9-38-10-8-35)16-11-30-23(31-12-16)24(26,27)28/h1-4,11-12,15H,5-10,13-14,29H2,(H,32,37)/t15-/m0/s1. The summed E-state index contributed by atoms with van der Waals surface area (Å²) in [5.41, 5.74) is 7.18. The molecule has 1 amide bonds. The van der Waals surface area contributed by atoms with E-state index in [2.05, 4.69) is 20.2 Å². The quantitative estimate of drug-likeness (QED) is 0.447. The minimum atomic E-state index is -4.66. The highest BCUT2D eigenvalue weighted by Gasteiger charge is 2.34. The minimum Gasteiger partial charge on any atom is -0.379 e. The van der Waals surface area contributed by atoms with Crippen LogP contribution in [0.2, 0.25) is 5.02 Å². The van der Waals surface area contributed by atoms with Crippen LogP contribution in [-0.2, 0) is 10.9 Å². The summed E-state index contributed by atoms with van der Waals surface area (Å²) >= 11 is 6.44. The van der Waals surface area contributed by atoms with Crippen molar-refractivity contribution in [3.8, 4) is 0 Å². The Hall–Kier alpha value is -3.26. The van der Waals surface area contributed by atoms with E-state index in [9.17, 15) is 18.0 Å². The van der Waals surface area contributed by atoms with Gasteiger partial charge in [-0.1, -0.05) is 11.6 Å². The maximum atomic E-state index is 13.4. The summed E-state index contributed by atoms with van der Waals surface area (Å²) in [6.07, 6.45) is -1.61. The number of hydrazine groups is 1. The SMILES string of the molecule is N[C@H]1CCN(c2ccc3c(C(=O)NCN(c4cnc(C(F)(F)F)nc4)N4CCOCC4)c(Cl)ccc3n2)C1. The van der Waals surface area contributed by atoms with Gasteiger partial charge in [0.2, 0.25) is 5.82 Å². The zero-order valence-corrected chi connectivity index (χ0v) is 21.0. The smallest absolute Gasteiger partial charge is 0.379 e. The van der Waals surface area contributed by atoms with Crippen molar-refractivity contribution >= 4 is 39.9 Å². The fourth-order valence-corrected chi connectivity index (χ4v) is 4.81. The predicted molar refractivity (Wildman–Crippen MR) is 136 cm³/mol. The lowest BCUT2D eigenvalue weighted by atomic mass is 10.1. The number of nitrogens with zero attached hydrogens (tertiary/aromatic N) is 6. The van der Waals surface area contributed by atoms with Gasteiger partial charge < -0.3 is 20.7 Å². The fourth-order valence-electron chi connectivity index (χ4n) is 4.55. The van der Waals surface area contributed by atoms with Crippen LogP contribution in [0.3, 0.4) is 0 Å². The number of halogens is 4. The molecule has 202 valence electrons. The number of aromatic nitrogens is 3. The Labute approximate surface area is 221 Å². The lowest BCUT2D eigenvalue weighted by molar-refractivity contribution is -0.145. The second-order valence-electron chi connectivity index (χ2n) is 9.05. The summed E-state index contributed by atoms with van der Waals surface area (Å²) in [5.74, 6) is -0.915. The first-order valence-corrected chi connectivity index (χ1v) is 12.5. The second-order valence-corrected chi connectivity index (χ2v) is 9.45. The normalized spacial score (nSPS) is 18.7. The molecule has 1 atom stereocenters. The average Bonchev–Trinajstić information content (AvgIpc) is 3.35. The highest BCUT2D eigenvalue weighted by Crippen LogP contribution is 2.29. The maximum Gasteiger partial charge on any atom is 0.451 e. The van der Waals surface area contributed by atoms with Crippen molar-refractivity contribution < 1.29 is 22.7 Å². The first-order valence-electron chi connectivity index (χ1n) is 12.1. The third kappa shape index (κ3) is 5.60. The molecule has 1 aromatic carbocycles.